The second-order valence-electron chi connectivity index (χ2n) is 8.41. The standard InChI is InChI=1S/C24H44N2O14/c25-5-10-35-12-14-37-16-15-36-13-11-34-6-1-20(27)26-24(17-38-7-2-21(28)29,18-39-8-3-22(30)31)19-40-9-4-23(32)33/h1-19,25H2,(H,26,27)(H,28,29)(H,30,31)(H,32,33). The number of carboxylic acids is 3. The number of carbonyl (C=O) groups excluding carboxylic acids is 1. The number of rotatable bonds is 30. The summed E-state index contributed by atoms with van der Waals surface area (Å²) in [6, 6.07) is 0. The van der Waals surface area contributed by atoms with E-state index in [4.69, 9.17) is 54.2 Å². The maximum atomic E-state index is 12.7. The molecule has 0 aromatic heterocycles. The van der Waals surface area contributed by atoms with Crippen LogP contribution in [0.1, 0.15) is 25.7 Å². The molecule has 0 aliphatic carbocycles. The Bertz CT molecular complexity index is 639. The van der Waals surface area contributed by atoms with E-state index in [2.05, 4.69) is 5.32 Å². The van der Waals surface area contributed by atoms with E-state index in [1.165, 1.54) is 0 Å². The fourth-order valence-corrected chi connectivity index (χ4v) is 2.88. The van der Waals surface area contributed by atoms with E-state index in [9.17, 15) is 19.2 Å². The smallest absolute Gasteiger partial charge is 0.305 e. The van der Waals surface area contributed by atoms with E-state index in [1.807, 2.05) is 0 Å². The Labute approximate surface area is 233 Å². The van der Waals surface area contributed by atoms with Crippen molar-refractivity contribution < 1.29 is 67.7 Å². The highest BCUT2D eigenvalue weighted by Crippen LogP contribution is 2.11. The van der Waals surface area contributed by atoms with Crippen molar-refractivity contribution in [1.82, 2.24) is 5.32 Å². The van der Waals surface area contributed by atoms with Crippen LogP contribution in [0.2, 0.25) is 0 Å². The van der Waals surface area contributed by atoms with Crippen LogP contribution >= 0.6 is 0 Å². The van der Waals surface area contributed by atoms with E-state index in [1.54, 1.807) is 0 Å². The first kappa shape index (κ1) is 37.6. The molecule has 0 heterocycles. The molecule has 0 aliphatic heterocycles. The van der Waals surface area contributed by atoms with Gasteiger partial charge in [0.25, 0.3) is 0 Å². The van der Waals surface area contributed by atoms with E-state index >= 15 is 0 Å². The first-order valence-electron chi connectivity index (χ1n) is 12.9. The molecule has 0 bridgehead atoms. The van der Waals surface area contributed by atoms with Crippen molar-refractivity contribution >= 4 is 23.8 Å². The summed E-state index contributed by atoms with van der Waals surface area (Å²) in [5.41, 5.74) is 3.98. The molecule has 234 valence electrons. The zero-order chi connectivity index (χ0) is 29.9. The maximum absolute atomic E-state index is 12.7. The van der Waals surface area contributed by atoms with Gasteiger partial charge in [0.05, 0.1) is 112 Å². The van der Waals surface area contributed by atoms with Crippen LogP contribution in [-0.2, 0) is 52.3 Å². The molecule has 0 aromatic rings. The predicted octanol–water partition coefficient (Wildman–Crippen LogP) is -1.27. The molecule has 0 atom stereocenters. The van der Waals surface area contributed by atoms with Gasteiger partial charge in [-0.15, -0.1) is 0 Å². The van der Waals surface area contributed by atoms with Gasteiger partial charge in [-0.05, 0) is 0 Å². The molecule has 6 N–H and O–H groups in total. The highest BCUT2D eigenvalue weighted by molar-refractivity contribution is 5.77. The summed E-state index contributed by atoms with van der Waals surface area (Å²) in [6.45, 7) is 2.08. The minimum absolute atomic E-state index is 0.0486. The molecule has 0 unspecified atom stereocenters. The largest absolute Gasteiger partial charge is 0.481 e. The number of aliphatic carboxylic acids is 3. The molecule has 0 aromatic carbocycles. The summed E-state index contributed by atoms with van der Waals surface area (Å²) in [4.78, 5) is 45.1. The third-order valence-electron chi connectivity index (χ3n) is 4.77. The number of nitrogens with one attached hydrogen (secondary N) is 1. The molecule has 16 heteroatoms. The predicted molar refractivity (Wildman–Crippen MR) is 137 cm³/mol. The summed E-state index contributed by atoms with van der Waals surface area (Å²) >= 11 is 0. The second kappa shape index (κ2) is 25.5. The van der Waals surface area contributed by atoms with E-state index < -0.39 is 29.4 Å². The molecule has 0 rings (SSSR count). The van der Waals surface area contributed by atoms with E-state index in [0.717, 1.165) is 0 Å². The molecule has 0 saturated heterocycles. The average Bonchev–Trinajstić information content (AvgIpc) is 2.89. The zero-order valence-electron chi connectivity index (χ0n) is 22.8. The Morgan fingerprint density at radius 1 is 0.500 bits per heavy atom. The van der Waals surface area contributed by atoms with Crippen molar-refractivity contribution in [2.45, 2.75) is 31.2 Å². The van der Waals surface area contributed by atoms with Crippen molar-refractivity contribution in [3.8, 4) is 0 Å². The average molecular weight is 585 g/mol. The lowest BCUT2D eigenvalue weighted by Crippen LogP contribution is -2.59. The number of hydrogen-bond donors (Lipinski definition) is 5. The molecule has 0 fully saturated rings. The van der Waals surface area contributed by atoms with Gasteiger partial charge in [-0.3, -0.25) is 19.2 Å². The van der Waals surface area contributed by atoms with Gasteiger partial charge >= 0.3 is 17.9 Å². The monoisotopic (exact) mass is 584 g/mol. The van der Waals surface area contributed by atoms with Crippen LogP contribution in [0.15, 0.2) is 0 Å². The van der Waals surface area contributed by atoms with Crippen molar-refractivity contribution in [3.63, 3.8) is 0 Å². The van der Waals surface area contributed by atoms with Gasteiger partial charge in [0, 0.05) is 13.0 Å². The van der Waals surface area contributed by atoms with Crippen LogP contribution in [0.5, 0.6) is 0 Å². The van der Waals surface area contributed by atoms with Crippen LogP contribution in [0.4, 0.5) is 0 Å². The summed E-state index contributed by atoms with van der Waals surface area (Å²) in [5.74, 6) is -3.69. The minimum atomic E-state index is -1.33. The molecule has 16 nitrogen and oxygen atoms in total. The quantitative estimate of drug-likeness (QED) is 0.0619. The SMILES string of the molecule is NCCOCCOCCOCCOCCC(=O)NC(COCCC(=O)O)(COCCC(=O)O)COCCC(=O)O. The van der Waals surface area contributed by atoms with Crippen LogP contribution in [0.25, 0.3) is 0 Å². The van der Waals surface area contributed by atoms with Gasteiger partial charge in [-0.2, -0.15) is 0 Å². The fraction of sp³-hybridized carbons (Fsp3) is 0.833. The van der Waals surface area contributed by atoms with Crippen molar-refractivity contribution in [2.75, 3.05) is 99.0 Å². The van der Waals surface area contributed by atoms with Gasteiger partial charge in [-0.25, -0.2) is 0 Å². The molecule has 40 heavy (non-hydrogen) atoms. The lowest BCUT2D eigenvalue weighted by Gasteiger charge is -2.34. The lowest BCUT2D eigenvalue weighted by molar-refractivity contribution is -0.140. The van der Waals surface area contributed by atoms with E-state index in [-0.39, 0.29) is 78.5 Å². The van der Waals surface area contributed by atoms with Crippen molar-refractivity contribution in [3.05, 3.63) is 0 Å². The third kappa shape index (κ3) is 24.6. The van der Waals surface area contributed by atoms with Gasteiger partial charge in [0.2, 0.25) is 5.91 Å². The van der Waals surface area contributed by atoms with Gasteiger partial charge < -0.3 is 59.5 Å². The summed E-state index contributed by atoms with van der Waals surface area (Å²) in [5, 5.41) is 29.3. The Morgan fingerprint density at radius 2 is 0.825 bits per heavy atom. The second-order valence-corrected chi connectivity index (χ2v) is 8.41. The van der Waals surface area contributed by atoms with E-state index in [0.29, 0.717) is 46.2 Å². The highest BCUT2D eigenvalue weighted by atomic mass is 16.6. The number of amides is 1. The van der Waals surface area contributed by atoms with Crippen LogP contribution in [-0.4, -0.2) is 144 Å². The number of carbonyl (C=O) groups is 4. The van der Waals surface area contributed by atoms with Gasteiger partial charge in [-0.1, -0.05) is 0 Å². The minimum Gasteiger partial charge on any atom is -0.481 e. The van der Waals surface area contributed by atoms with Crippen LogP contribution in [0, 0.1) is 0 Å². The topological polar surface area (TPSA) is 232 Å². The van der Waals surface area contributed by atoms with Crippen LogP contribution in [0.3, 0.4) is 0 Å². The maximum Gasteiger partial charge on any atom is 0.305 e. The Kier molecular flexibility index (Phi) is 24.0. The Balaban J connectivity index is 4.64. The fourth-order valence-electron chi connectivity index (χ4n) is 2.88. The van der Waals surface area contributed by atoms with Gasteiger partial charge in [0.15, 0.2) is 0 Å². The Morgan fingerprint density at radius 3 is 1.18 bits per heavy atom. The molecule has 1 amide bonds. The summed E-state index contributed by atoms with van der Waals surface area (Å²) in [6.07, 6.45) is -0.897. The summed E-state index contributed by atoms with van der Waals surface area (Å²) < 4.78 is 37.6. The number of nitrogens with two attached hydrogens (primary N) is 1. The molecule has 0 aliphatic rings. The molecular formula is C24H44N2O14. The number of hydrogen-bond acceptors (Lipinski definition) is 12. The third-order valence-corrected chi connectivity index (χ3v) is 4.77. The number of ether oxygens (including phenoxy) is 7. The zero-order valence-corrected chi connectivity index (χ0v) is 22.8. The molecule has 0 saturated carbocycles. The Hall–Kier alpha value is -2.44. The first-order chi connectivity index (χ1) is 19.2. The van der Waals surface area contributed by atoms with Crippen molar-refractivity contribution in [1.29, 1.82) is 0 Å². The highest BCUT2D eigenvalue weighted by Gasteiger charge is 2.34. The first-order valence-corrected chi connectivity index (χ1v) is 12.9. The van der Waals surface area contributed by atoms with Crippen molar-refractivity contribution in [2.24, 2.45) is 5.73 Å². The number of carboxylic acid groups (broad SMARTS) is 3. The molecular weight excluding hydrogens is 540 g/mol. The summed E-state index contributed by atoms with van der Waals surface area (Å²) in [7, 11) is 0. The molecule has 0 radical (unpaired) electrons. The normalized spacial score (nSPS) is 11.4. The lowest BCUT2D eigenvalue weighted by atomic mass is 10.0. The van der Waals surface area contributed by atoms with Crippen LogP contribution < -0.4 is 11.1 Å². The molecule has 0 spiro atoms. The van der Waals surface area contributed by atoms with Gasteiger partial charge in [0.1, 0.15) is 5.54 Å².